The Morgan fingerprint density at radius 3 is 2.67 bits per heavy atom. The van der Waals surface area contributed by atoms with Crippen molar-refractivity contribution in [3.05, 3.63) is 70.5 Å². The molecule has 3 aromatic heterocycles. The zero-order valence-corrected chi connectivity index (χ0v) is 16.0. The minimum atomic E-state index is 0.322. The predicted molar refractivity (Wildman–Crippen MR) is 105 cm³/mol. The first-order chi connectivity index (χ1) is 13.0. The topological polar surface area (TPSA) is 61.0 Å². The lowest BCUT2D eigenvalue weighted by Crippen LogP contribution is -2.00. The molecule has 27 heavy (non-hydrogen) atoms. The van der Waals surface area contributed by atoms with Crippen LogP contribution in [0.25, 0.3) is 22.0 Å². The summed E-state index contributed by atoms with van der Waals surface area (Å²) in [5.41, 5.74) is 6.21. The SMILES string of the molecule is Cc1cc(Cl)c(COc2cccc3c(-c4conc4C)cc(C)nc23)cn1. The predicted octanol–water partition coefficient (Wildman–Crippen LogP) is 5.44. The minimum Gasteiger partial charge on any atom is -0.487 e. The van der Waals surface area contributed by atoms with Gasteiger partial charge in [0.1, 0.15) is 24.1 Å². The summed E-state index contributed by atoms with van der Waals surface area (Å²) in [5, 5.41) is 5.63. The number of nitrogens with zero attached hydrogens (tertiary/aromatic N) is 3. The van der Waals surface area contributed by atoms with Gasteiger partial charge < -0.3 is 9.26 Å². The number of para-hydroxylation sites is 1. The van der Waals surface area contributed by atoms with Crippen molar-refractivity contribution in [3.63, 3.8) is 0 Å². The molecular weight excluding hydrogens is 362 g/mol. The van der Waals surface area contributed by atoms with Crippen LogP contribution < -0.4 is 4.74 Å². The standard InChI is InChI=1S/C21H18ClN3O2/c1-12-8-19(22)15(9-23-12)10-26-20-6-4-5-16-17(7-13(2)24-21(16)20)18-11-27-25-14(18)3/h4-9,11H,10H2,1-3H3. The molecule has 0 unspecified atom stereocenters. The molecule has 6 heteroatoms. The van der Waals surface area contributed by atoms with E-state index in [4.69, 9.17) is 25.8 Å². The number of aromatic nitrogens is 3. The van der Waals surface area contributed by atoms with Gasteiger partial charge in [0.05, 0.1) is 10.7 Å². The van der Waals surface area contributed by atoms with Crippen molar-refractivity contribution < 1.29 is 9.26 Å². The van der Waals surface area contributed by atoms with E-state index in [1.54, 1.807) is 12.5 Å². The Morgan fingerprint density at radius 1 is 1.07 bits per heavy atom. The normalized spacial score (nSPS) is 11.1. The van der Waals surface area contributed by atoms with E-state index >= 15 is 0 Å². The van der Waals surface area contributed by atoms with E-state index in [0.717, 1.165) is 44.7 Å². The molecule has 1 aromatic carbocycles. The van der Waals surface area contributed by atoms with Crippen LogP contribution in [0.4, 0.5) is 0 Å². The van der Waals surface area contributed by atoms with Crippen molar-refractivity contribution in [1.29, 1.82) is 0 Å². The van der Waals surface area contributed by atoms with Gasteiger partial charge in [0, 0.05) is 34.1 Å². The molecule has 0 aliphatic heterocycles. The summed E-state index contributed by atoms with van der Waals surface area (Å²) in [6.07, 6.45) is 3.40. The Morgan fingerprint density at radius 2 is 1.93 bits per heavy atom. The van der Waals surface area contributed by atoms with E-state index in [1.807, 2.05) is 51.1 Å². The summed E-state index contributed by atoms with van der Waals surface area (Å²) in [6, 6.07) is 9.76. The molecule has 0 saturated carbocycles. The van der Waals surface area contributed by atoms with E-state index < -0.39 is 0 Å². The van der Waals surface area contributed by atoms with Crippen LogP contribution in [-0.2, 0) is 6.61 Å². The van der Waals surface area contributed by atoms with Gasteiger partial charge in [0.2, 0.25) is 0 Å². The zero-order chi connectivity index (χ0) is 19.0. The van der Waals surface area contributed by atoms with Crippen molar-refractivity contribution in [2.75, 3.05) is 0 Å². The highest BCUT2D eigenvalue weighted by atomic mass is 35.5. The van der Waals surface area contributed by atoms with Crippen molar-refractivity contribution in [2.45, 2.75) is 27.4 Å². The van der Waals surface area contributed by atoms with Crippen LogP contribution in [0.5, 0.6) is 5.75 Å². The highest BCUT2D eigenvalue weighted by Gasteiger charge is 2.14. The summed E-state index contributed by atoms with van der Waals surface area (Å²) in [4.78, 5) is 8.99. The summed E-state index contributed by atoms with van der Waals surface area (Å²) >= 11 is 6.30. The Labute approximate surface area is 162 Å². The lowest BCUT2D eigenvalue weighted by molar-refractivity contribution is 0.309. The monoisotopic (exact) mass is 379 g/mol. The van der Waals surface area contributed by atoms with Crippen LogP contribution in [0.3, 0.4) is 0 Å². The molecular formula is C21H18ClN3O2. The van der Waals surface area contributed by atoms with Gasteiger partial charge in [-0.2, -0.15) is 0 Å². The second-order valence-electron chi connectivity index (χ2n) is 6.48. The molecule has 0 fully saturated rings. The van der Waals surface area contributed by atoms with Gasteiger partial charge in [-0.15, -0.1) is 0 Å². The van der Waals surface area contributed by atoms with Gasteiger partial charge in [-0.3, -0.25) is 4.98 Å². The maximum Gasteiger partial charge on any atom is 0.146 e. The third kappa shape index (κ3) is 3.38. The molecule has 0 radical (unpaired) electrons. The van der Waals surface area contributed by atoms with Gasteiger partial charge in [0.15, 0.2) is 0 Å². The molecule has 0 amide bonds. The van der Waals surface area contributed by atoms with Gasteiger partial charge in [0.25, 0.3) is 0 Å². The summed E-state index contributed by atoms with van der Waals surface area (Å²) in [6.45, 7) is 6.11. The van der Waals surface area contributed by atoms with E-state index in [0.29, 0.717) is 17.4 Å². The molecule has 0 saturated heterocycles. The van der Waals surface area contributed by atoms with Gasteiger partial charge in [-0.05, 0) is 44.5 Å². The third-order valence-electron chi connectivity index (χ3n) is 4.42. The number of benzene rings is 1. The fraction of sp³-hybridized carbons (Fsp3) is 0.190. The number of rotatable bonds is 4. The first-order valence-electron chi connectivity index (χ1n) is 8.58. The number of pyridine rings is 2. The van der Waals surface area contributed by atoms with Crippen LogP contribution in [0.15, 0.2) is 47.3 Å². The lowest BCUT2D eigenvalue weighted by atomic mass is 10.0. The first-order valence-corrected chi connectivity index (χ1v) is 8.96. The van der Waals surface area contributed by atoms with Crippen LogP contribution in [0, 0.1) is 20.8 Å². The number of aryl methyl sites for hydroxylation is 3. The third-order valence-corrected chi connectivity index (χ3v) is 4.77. The van der Waals surface area contributed by atoms with E-state index in [2.05, 4.69) is 10.1 Å². The number of hydrogen-bond acceptors (Lipinski definition) is 5. The molecule has 0 atom stereocenters. The van der Waals surface area contributed by atoms with Crippen molar-refractivity contribution in [2.24, 2.45) is 0 Å². The Balaban J connectivity index is 1.76. The smallest absolute Gasteiger partial charge is 0.146 e. The van der Waals surface area contributed by atoms with Crippen molar-refractivity contribution >= 4 is 22.5 Å². The second kappa shape index (κ2) is 7.00. The quantitative estimate of drug-likeness (QED) is 0.472. The fourth-order valence-corrected chi connectivity index (χ4v) is 3.32. The highest BCUT2D eigenvalue weighted by molar-refractivity contribution is 6.31. The molecule has 0 spiro atoms. The molecule has 4 aromatic rings. The lowest BCUT2D eigenvalue weighted by Gasteiger charge is -2.12. The molecule has 0 bridgehead atoms. The number of fused-ring (bicyclic) bond motifs is 1. The number of ether oxygens (including phenoxy) is 1. The maximum atomic E-state index is 6.30. The Hall–Kier alpha value is -2.92. The van der Waals surface area contributed by atoms with E-state index in [-0.39, 0.29) is 0 Å². The van der Waals surface area contributed by atoms with Gasteiger partial charge in [-0.1, -0.05) is 28.9 Å². The molecule has 4 rings (SSSR count). The highest BCUT2D eigenvalue weighted by Crippen LogP contribution is 2.34. The number of hydrogen-bond donors (Lipinski definition) is 0. The second-order valence-corrected chi connectivity index (χ2v) is 6.89. The Bertz CT molecular complexity index is 1140. The molecule has 3 heterocycles. The molecule has 0 N–H and O–H groups in total. The largest absolute Gasteiger partial charge is 0.487 e. The number of halogens is 1. The van der Waals surface area contributed by atoms with E-state index in [9.17, 15) is 0 Å². The van der Waals surface area contributed by atoms with Crippen LogP contribution >= 0.6 is 11.6 Å². The fourth-order valence-electron chi connectivity index (χ4n) is 3.06. The summed E-state index contributed by atoms with van der Waals surface area (Å²) < 4.78 is 11.2. The van der Waals surface area contributed by atoms with Crippen molar-refractivity contribution in [3.8, 4) is 16.9 Å². The summed E-state index contributed by atoms with van der Waals surface area (Å²) in [5.74, 6) is 0.697. The molecule has 136 valence electrons. The first kappa shape index (κ1) is 17.5. The molecule has 0 aliphatic carbocycles. The summed E-state index contributed by atoms with van der Waals surface area (Å²) in [7, 11) is 0. The van der Waals surface area contributed by atoms with Crippen LogP contribution in [0.1, 0.15) is 22.6 Å². The van der Waals surface area contributed by atoms with Gasteiger partial charge in [-0.25, -0.2) is 4.98 Å². The van der Waals surface area contributed by atoms with Crippen LogP contribution in [0.2, 0.25) is 5.02 Å². The minimum absolute atomic E-state index is 0.322. The van der Waals surface area contributed by atoms with Crippen molar-refractivity contribution in [1.82, 2.24) is 15.1 Å². The zero-order valence-electron chi connectivity index (χ0n) is 15.3. The maximum absolute atomic E-state index is 6.30. The average Bonchev–Trinajstić information content (AvgIpc) is 3.06. The molecule has 0 aliphatic rings. The van der Waals surface area contributed by atoms with Crippen LogP contribution in [-0.4, -0.2) is 15.1 Å². The van der Waals surface area contributed by atoms with E-state index in [1.165, 1.54) is 0 Å². The Kier molecular flexibility index (Phi) is 4.54. The molecule has 5 nitrogen and oxygen atoms in total. The average molecular weight is 380 g/mol. The van der Waals surface area contributed by atoms with Gasteiger partial charge >= 0.3 is 0 Å².